The zero-order valence-corrected chi connectivity index (χ0v) is 16.2. The van der Waals surface area contributed by atoms with Crippen LogP contribution in [-0.2, 0) is 0 Å². The molecule has 0 radical (unpaired) electrons. The van der Waals surface area contributed by atoms with Crippen LogP contribution in [0.5, 0.6) is 0 Å². The fraction of sp³-hybridized carbons (Fsp3) is 0.259. The summed E-state index contributed by atoms with van der Waals surface area (Å²) in [4.78, 5) is 0. The summed E-state index contributed by atoms with van der Waals surface area (Å²) in [5, 5.41) is 2.90. The van der Waals surface area contributed by atoms with Crippen molar-refractivity contribution < 1.29 is 0 Å². The lowest BCUT2D eigenvalue weighted by atomic mass is 9.78. The normalized spacial score (nSPS) is 22.8. The standard InChI is InChI=1S/C27H26/c1-3-19-16-23-11-13-25-24-12-9-21(20-7-5-4-6-8-20)17-22(24)10-14-26(25)27(23)15-18(19)2/h4-9,11-16,18,21H,3,10,17H2,1-2H3. The molecule has 2 aromatic rings. The molecule has 0 N–H and O–H groups in total. The van der Waals surface area contributed by atoms with Crippen LogP contribution in [0.1, 0.15) is 55.7 Å². The molecule has 27 heavy (non-hydrogen) atoms. The Morgan fingerprint density at radius 2 is 1.85 bits per heavy atom. The number of fused-ring (bicyclic) bond motifs is 4. The second kappa shape index (κ2) is 6.53. The number of benzene rings is 2. The molecule has 0 heterocycles. The summed E-state index contributed by atoms with van der Waals surface area (Å²) in [6.45, 7) is 4.59. The summed E-state index contributed by atoms with van der Waals surface area (Å²) in [7, 11) is 0. The fourth-order valence-electron chi connectivity index (χ4n) is 4.93. The van der Waals surface area contributed by atoms with E-state index in [0.717, 1.165) is 19.3 Å². The Morgan fingerprint density at radius 1 is 1.00 bits per heavy atom. The van der Waals surface area contributed by atoms with Gasteiger partial charge in [0.2, 0.25) is 0 Å². The fourth-order valence-corrected chi connectivity index (χ4v) is 4.93. The highest BCUT2D eigenvalue weighted by molar-refractivity contribution is 5.83. The lowest BCUT2D eigenvalue weighted by Crippen LogP contribution is -2.35. The van der Waals surface area contributed by atoms with E-state index < -0.39 is 0 Å². The van der Waals surface area contributed by atoms with Crippen molar-refractivity contribution in [3.05, 3.63) is 92.9 Å². The Hall–Kier alpha value is -2.60. The summed E-state index contributed by atoms with van der Waals surface area (Å²) < 4.78 is 0. The van der Waals surface area contributed by atoms with E-state index in [-0.39, 0.29) is 0 Å². The molecule has 0 saturated carbocycles. The van der Waals surface area contributed by atoms with E-state index >= 15 is 0 Å². The molecule has 0 fully saturated rings. The topological polar surface area (TPSA) is 0 Å². The highest BCUT2D eigenvalue weighted by atomic mass is 14.3. The largest absolute Gasteiger partial charge is 0.0761 e. The van der Waals surface area contributed by atoms with Crippen LogP contribution < -0.4 is 10.4 Å². The molecule has 5 rings (SSSR count). The molecule has 134 valence electrons. The molecule has 2 atom stereocenters. The molecule has 3 aliphatic carbocycles. The van der Waals surface area contributed by atoms with Crippen LogP contribution in [-0.4, -0.2) is 0 Å². The second-order valence-electron chi connectivity index (χ2n) is 8.06. The van der Waals surface area contributed by atoms with Crippen LogP contribution >= 0.6 is 0 Å². The van der Waals surface area contributed by atoms with Crippen molar-refractivity contribution in [1.82, 2.24) is 0 Å². The third-order valence-electron chi connectivity index (χ3n) is 6.48. The van der Waals surface area contributed by atoms with E-state index in [1.165, 1.54) is 32.7 Å². The summed E-state index contributed by atoms with van der Waals surface area (Å²) in [5.41, 5.74) is 8.85. The van der Waals surface area contributed by atoms with Gasteiger partial charge in [0.1, 0.15) is 0 Å². The number of allylic oxidation sites excluding steroid dienone is 5. The maximum Gasteiger partial charge on any atom is 0.00589 e. The van der Waals surface area contributed by atoms with Gasteiger partial charge in [-0.05, 0) is 57.9 Å². The molecule has 0 bridgehead atoms. The minimum Gasteiger partial charge on any atom is -0.0761 e. The first kappa shape index (κ1) is 16.6. The first-order valence-corrected chi connectivity index (χ1v) is 10.3. The van der Waals surface area contributed by atoms with E-state index in [2.05, 4.69) is 86.7 Å². The van der Waals surface area contributed by atoms with Crippen molar-refractivity contribution in [3.8, 4) is 0 Å². The van der Waals surface area contributed by atoms with Gasteiger partial charge in [-0.3, -0.25) is 0 Å². The van der Waals surface area contributed by atoms with Gasteiger partial charge in [-0.15, -0.1) is 0 Å². The Kier molecular flexibility index (Phi) is 4.01. The van der Waals surface area contributed by atoms with Crippen LogP contribution in [0.4, 0.5) is 0 Å². The number of hydrogen-bond donors (Lipinski definition) is 0. The molecule has 2 unspecified atom stereocenters. The third-order valence-corrected chi connectivity index (χ3v) is 6.48. The average Bonchev–Trinajstić information content (AvgIpc) is 2.73. The summed E-state index contributed by atoms with van der Waals surface area (Å²) in [6, 6.07) is 15.6. The van der Waals surface area contributed by atoms with Gasteiger partial charge in [0.05, 0.1) is 0 Å². The third kappa shape index (κ3) is 2.75. The number of hydrogen-bond acceptors (Lipinski definition) is 0. The molecule has 0 heteroatoms. The molecule has 0 amide bonds. The predicted octanol–water partition coefficient (Wildman–Crippen LogP) is 5.59. The van der Waals surface area contributed by atoms with Crippen molar-refractivity contribution >= 4 is 23.8 Å². The van der Waals surface area contributed by atoms with Crippen LogP contribution in [0.15, 0.2) is 65.8 Å². The Bertz CT molecular complexity index is 1110. The molecular formula is C27H26. The molecule has 0 nitrogen and oxygen atoms in total. The summed E-state index contributed by atoms with van der Waals surface area (Å²) >= 11 is 0. The SMILES string of the molecule is CCC1=Cc2ccc3c(c2=CC1C)=CCC1=C3C=CC(c2ccccc2)C1. The van der Waals surface area contributed by atoms with Crippen molar-refractivity contribution in [1.29, 1.82) is 0 Å². The van der Waals surface area contributed by atoms with Gasteiger partial charge in [-0.2, -0.15) is 0 Å². The Balaban J connectivity index is 1.57. The smallest absolute Gasteiger partial charge is 0.00589 e. The minimum atomic E-state index is 0.513. The Morgan fingerprint density at radius 3 is 2.67 bits per heavy atom. The minimum absolute atomic E-state index is 0.513. The zero-order chi connectivity index (χ0) is 18.4. The lowest BCUT2D eigenvalue weighted by Gasteiger charge is -2.26. The van der Waals surface area contributed by atoms with Crippen molar-refractivity contribution in [2.45, 2.75) is 39.0 Å². The van der Waals surface area contributed by atoms with Gasteiger partial charge in [0.25, 0.3) is 0 Å². The van der Waals surface area contributed by atoms with Crippen LogP contribution in [0.2, 0.25) is 0 Å². The first-order chi connectivity index (χ1) is 13.2. The highest BCUT2D eigenvalue weighted by Gasteiger charge is 2.22. The zero-order valence-electron chi connectivity index (χ0n) is 16.2. The van der Waals surface area contributed by atoms with Crippen LogP contribution in [0.25, 0.3) is 23.8 Å². The molecule has 0 spiro atoms. The highest BCUT2D eigenvalue weighted by Crippen LogP contribution is 2.37. The first-order valence-electron chi connectivity index (χ1n) is 10.3. The van der Waals surface area contributed by atoms with Crippen LogP contribution in [0.3, 0.4) is 0 Å². The molecular weight excluding hydrogens is 324 g/mol. The van der Waals surface area contributed by atoms with Gasteiger partial charge in [0, 0.05) is 5.92 Å². The van der Waals surface area contributed by atoms with Crippen LogP contribution in [0, 0.1) is 5.92 Å². The average molecular weight is 351 g/mol. The van der Waals surface area contributed by atoms with Gasteiger partial charge in [-0.25, -0.2) is 0 Å². The van der Waals surface area contributed by atoms with E-state index in [1.54, 1.807) is 11.1 Å². The predicted molar refractivity (Wildman–Crippen MR) is 117 cm³/mol. The van der Waals surface area contributed by atoms with Gasteiger partial charge >= 0.3 is 0 Å². The summed E-state index contributed by atoms with van der Waals surface area (Å²) in [5.74, 6) is 1.06. The molecule has 0 aromatic heterocycles. The van der Waals surface area contributed by atoms with Crippen molar-refractivity contribution in [2.75, 3.05) is 0 Å². The van der Waals surface area contributed by atoms with E-state index in [9.17, 15) is 0 Å². The monoisotopic (exact) mass is 350 g/mol. The van der Waals surface area contributed by atoms with Gasteiger partial charge in [0.15, 0.2) is 0 Å². The molecule has 0 saturated heterocycles. The maximum atomic E-state index is 2.48. The van der Waals surface area contributed by atoms with Crippen molar-refractivity contribution in [2.24, 2.45) is 5.92 Å². The lowest BCUT2D eigenvalue weighted by molar-refractivity contribution is 0.802. The van der Waals surface area contributed by atoms with E-state index in [1.807, 2.05) is 0 Å². The van der Waals surface area contributed by atoms with Gasteiger partial charge in [-0.1, -0.05) is 97.8 Å². The van der Waals surface area contributed by atoms with Gasteiger partial charge < -0.3 is 0 Å². The van der Waals surface area contributed by atoms with Crippen molar-refractivity contribution in [3.63, 3.8) is 0 Å². The molecule has 0 aliphatic heterocycles. The summed E-state index contributed by atoms with van der Waals surface area (Å²) in [6.07, 6.45) is 15.5. The molecule has 3 aliphatic rings. The molecule has 2 aromatic carbocycles. The maximum absolute atomic E-state index is 2.48. The second-order valence-corrected chi connectivity index (χ2v) is 8.06. The number of rotatable bonds is 2. The van der Waals surface area contributed by atoms with E-state index in [0.29, 0.717) is 11.8 Å². The quantitative estimate of drug-likeness (QED) is 0.662. The van der Waals surface area contributed by atoms with E-state index in [4.69, 9.17) is 0 Å². The Labute approximate surface area is 161 Å².